The highest BCUT2D eigenvalue weighted by Gasteiger charge is 2.08. The van der Waals surface area contributed by atoms with Crippen molar-refractivity contribution in [3.63, 3.8) is 0 Å². The standard InChI is InChI=1S/C15H14FN3O/c1-2-7-18-8-9-19-14(15(18)20)10-13(17-19)11-3-5-12(16)6-4-11/h3-6,8-10H,2,7H2,1H3. The summed E-state index contributed by atoms with van der Waals surface area (Å²) in [5.74, 6) is -0.289. The van der Waals surface area contributed by atoms with Crippen LogP contribution in [0.4, 0.5) is 4.39 Å². The van der Waals surface area contributed by atoms with Crippen LogP contribution in [0.5, 0.6) is 0 Å². The molecule has 0 saturated heterocycles. The molecular weight excluding hydrogens is 257 g/mol. The van der Waals surface area contributed by atoms with Gasteiger partial charge in [-0.05, 0) is 36.8 Å². The molecule has 0 radical (unpaired) electrons. The van der Waals surface area contributed by atoms with Crippen LogP contribution < -0.4 is 5.56 Å². The molecule has 0 aliphatic rings. The smallest absolute Gasteiger partial charge is 0.276 e. The van der Waals surface area contributed by atoms with Crippen molar-refractivity contribution in [3.8, 4) is 11.3 Å². The summed E-state index contributed by atoms with van der Waals surface area (Å²) in [6.07, 6.45) is 4.40. The second kappa shape index (κ2) is 4.92. The summed E-state index contributed by atoms with van der Waals surface area (Å²) >= 11 is 0. The van der Waals surface area contributed by atoms with Crippen LogP contribution in [0.15, 0.2) is 47.5 Å². The Balaban J connectivity index is 2.13. The average molecular weight is 271 g/mol. The van der Waals surface area contributed by atoms with E-state index in [4.69, 9.17) is 0 Å². The van der Waals surface area contributed by atoms with Crippen LogP contribution in [0, 0.1) is 5.82 Å². The van der Waals surface area contributed by atoms with Crippen molar-refractivity contribution in [1.82, 2.24) is 14.2 Å². The minimum atomic E-state index is -0.289. The maximum Gasteiger partial charge on any atom is 0.276 e. The Labute approximate surface area is 115 Å². The number of nitrogens with zero attached hydrogens (tertiary/aromatic N) is 3. The van der Waals surface area contributed by atoms with Gasteiger partial charge in [0.25, 0.3) is 5.56 Å². The molecule has 2 aromatic heterocycles. The molecule has 5 heteroatoms. The van der Waals surface area contributed by atoms with E-state index in [0.29, 0.717) is 17.8 Å². The van der Waals surface area contributed by atoms with E-state index in [0.717, 1.165) is 12.0 Å². The van der Waals surface area contributed by atoms with E-state index in [1.54, 1.807) is 39.7 Å². The van der Waals surface area contributed by atoms with Crippen LogP contribution in [0.25, 0.3) is 16.8 Å². The van der Waals surface area contributed by atoms with Crippen LogP contribution in [-0.2, 0) is 6.54 Å². The Hall–Kier alpha value is -2.43. The zero-order valence-electron chi connectivity index (χ0n) is 11.1. The van der Waals surface area contributed by atoms with Crippen LogP contribution in [0.3, 0.4) is 0 Å². The summed E-state index contributed by atoms with van der Waals surface area (Å²) < 4.78 is 16.2. The lowest BCUT2D eigenvalue weighted by Crippen LogP contribution is -2.20. The van der Waals surface area contributed by atoms with Crippen molar-refractivity contribution < 1.29 is 4.39 Å². The number of hydrogen-bond donors (Lipinski definition) is 0. The summed E-state index contributed by atoms with van der Waals surface area (Å²) in [4.78, 5) is 12.3. The summed E-state index contributed by atoms with van der Waals surface area (Å²) in [5.41, 5.74) is 1.92. The Morgan fingerprint density at radius 1 is 1.20 bits per heavy atom. The highest BCUT2D eigenvalue weighted by atomic mass is 19.1. The third-order valence-corrected chi connectivity index (χ3v) is 3.21. The highest BCUT2D eigenvalue weighted by molar-refractivity contribution is 5.65. The highest BCUT2D eigenvalue weighted by Crippen LogP contribution is 2.18. The molecule has 0 saturated carbocycles. The molecule has 0 aliphatic carbocycles. The van der Waals surface area contributed by atoms with Gasteiger partial charge in [-0.15, -0.1) is 0 Å². The van der Waals surface area contributed by atoms with Gasteiger partial charge in [-0.2, -0.15) is 5.10 Å². The molecule has 102 valence electrons. The Morgan fingerprint density at radius 3 is 2.65 bits per heavy atom. The van der Waals surface area contributed by atoms with Gasteiger partial charge in [-0.1, -0.05) is 6.92 Å². The van der Waals surface area contributed by atoms with E-state index >= 15 is 0 Å². The van der Waals surface area contributed by atoms with E-state index in [1.165, 1.54) is 12.1 Å². The van der Waals surface area contributed by atoms with Gasteiger partial charge < -0.3 is 4.57 Å². The molecule has 0 atom stereocenters. The SMILES string of the molecule is CCCn1ccn2nc(-c3ccc(F)cc3)cc2c1=O. The third-order valence-electron chi connectivity index (χ3n) is 3.21. The zero-order chi connectivity index (χ0) is 14.1. The summed E-state index contributed by atoms with van der Waals surface area (Å²) in [5, 5.41) is 4.36. The first-order valence-corrected chi connectivity index (χ1v) is 6.54. The Kier molecular flexibility index (Phi) is 3.10. The first-order valence-electron chi connectivity index (χ1n) is 6.54. The van der Waals surface area contributed by atoms with Crippen LogP contribution >= 0.6 is 0 Å². The van der Waals surface area contributed by atoms with Gasteiger partial charge in [0.15, 0.2) is 0 Å². The van der Waals surface area contributed by atoms with Gasteiger partial charge in [0.05, 0.1) is 5.69 Å². The van der Waals surface area contributed by atoms with Gasteiger partial charge in [0.2, 0.25) is 0 Å². The number of rotatable bonds is 3. The molecule has 0 bridgehead atoms. The predicted molar refractivity (Wildman–Crippen MR) is 75.1 cm³/mol. The zero-order valence-corrected chi connectivity index (χ0v) is 11.1. The van der Waals surface area contributed by atoms with Gasteiger partial charge in [-0.3, -0.25) is 4.79 Å². The third kappa shape index (κ3) is 2.11. The van der Waals surface area contributed by atoms with Gasteiger partial charge >= 0.3 is 0 Å². The molecule has 1 aromatic carbocycles. The fraction of sp³-hybridized carbons (Fsp3) is 0.200. The van der Waals surface area contributed by atoms with Crippen LogP contribution in [0.1, 0.15) is 13.3 Å². The molecule has 0 N–H and O–H groups in total. The number of halogens is 1. The predicted octanol–water partition coefficient (Wildman–Crippen LogP) is 2.71. The van der Waals surface area contributed by atoms with Crippen molar-refractivity contribution in [2.24, 2.45) is 0 Å². The van der Waals surface area contributed by atoms with Crippen molar-refractivity contribution in [2.75, 3.05) is 0 Å². The van der Waals surface area contributed by atoms with Crippen molar-refractivity contribution in [1.29, 1.82) is 0 Å². The molecule has 3 aromatic rings. The van der Waals surface area contributed by atoms with Crippen molar-refractivity contribution in [3.05, 3.63) is 58.9 Å². The lowest BCUT2D eigenvalue weighted by molar-refractivity contribution is 0.628. The topological polar surface area (TPSA) is 39.3 Å². The number of fused-ring (bicyclic) bond motifs is 1. The molecule has 0 amide bonds. The van der Waals surface area contributed by atoms with Crippen molar-refractivity contribution in [2.45, 2.75) is 19.9 Å². The molecule has 0 unspecified atom stereocenters. The van der Waals surface area contributed by atoms with Crippen LogP contribution in [-0.4, -0.2) is 14.2 Å². The maximum atomic E-state index is 12.9. The molecule has 3 rings (SSSR count). The second-order valence-electron chi connectivity index (χ2n) is 4.66. The van der Waals surface area contributed by atoms with Crippen molar-refractivity contribution >= 4 is 5.52 Å². The second-order valence-corrected chi connectivity index (χ2v) is 4.66. The van der Waals surface area contributed by atoms with Gasteiger partial charge in [-0.25, -0.2) is 8.91 Å². The first-order chi connectivity index (χ1) is 9.69. The molecule has 2 heterocycles. The maximum absolute atomic E-state index is 12.9. The fourth-order valence-electron chi connectivity index (χ4n) is 2.20. The Morgan fingerprint density at radius 2 is 1.95 bits per heavy atom. The number of benzene rings is 1. The molecular formula is C15H14FN3O. The largest absolute Gasteiger partial charge is 0.312 e. The lowest BCUT2D eigenvalue weighted by atomic mass is 10.1. The monoisotopic (exact) mass is 271 g/mol. The van der Waals surface area contributed by atoms with E-state index in [9.17, 15) is 9.18 Å². The normalized spacial score (nSPS) is 11.1. The summed E-state index contributed by atoms with van der Waals surface area (Å²) in [7, 11) is 0. The van der Waals surface area contributed by atoms with E-state index in [2.05, 4.69) is 5.10 Å². The molecule has 4 nitrogen and oxygen atoms in total. The molecule has 0 aliphatic heterocycles. The number of aromatic nitrogens is 3. The van der Waals surface area contributed by atoms with E-state index < -0.39 is 0 Å². The number of hydrogen-bond acceptors (Lipinski definition) is 2. The van der Waals surface area contributed by atoms with Gasteiger partial charge in [0, 0.05) is 24.5 Å². The van der Waals surface area contributed by atoms with E-state index in [1.807, 2.05) is 6.92 Å². The molecule has 0 fully saturated rings. The number of aryl methyl sites for hydroxylation is 1. The molecule has 20 heavy (non-hydrogen) atoms. The minimum Gasteiger partial charge on any atom is -0.312 e. The molecule has 0 spiro atoms. The summed E-state index contributed by atoms with van der Waals surface area (Å²) in [6, 6.07) is 7.81. The van der Waals surface area contributed by atoms with Crippen LogP contribution in [0.2, 0.25) is 0 Å². The van der Waals surface area contributed by atoms with E-state index in [-0.39, 0.29) is 11.4 Å². The average Bonchev–Trinajstić information content (AvgIpc) is 2.88. The lowest BCUT2D eigenvalue weighted by Gasteiger charge is -2.02. The quantitative estimate of drug-likeness (QED) is 0.734. The fourth-order valence-corrected chi connectivity index (χ4v) is 2.20. The van der Waals surface area contributed by atoms with Gasteiger partial charge in [0.1, 0.15) is 11.3 Å². The summed E-state index contributed by atoms with van der Waals surface area (Å²) in [6.45, 7) is 2.71. The first kappa shape index (κ1) is 12.6. The Bertz CT molecular complexity index is 802. The minimum absolute atomic E-state index is 0.0600.